The maximum atomic E-state index is 9.95. The Morgan fingerprint density at radius 3 is 2.57 bits per heavy atom. The van der Waals surface area contributed by atoms with Crippen LogP contribution in [-0.4, -0.2) is 23.2 Å². The monoisotopic (exact) mass is 349 g/mol. The van der Waals surface area contributed by atoms with Crippen molar-refractivity contribution in [3.05, 3.63) is 46.6 Å². The molecule has 0 amide bonds. The molecule has 1 aromatic heterocycles. The predicted octanol–water partition coefficient (Wildman–Crippen LogP) is 4.01. The Morgan fingerprint density at radius 1 is 1.19 bits per heavy atom. The maximum Gasteiger partial charge on any atom is 0.134 e. The summed E-state index contributed by atoms with van der Waals surface area (Å²) in [6.45, 7) is 6.68. The molecule has 0 spiro atoms. The van der Waals surface area contributed by atoms with E-state index in [2.05, 4.69) is 45.0 Å². The van der Waals surface area contributed by atoms with Crippen LogP contribution >= 0.6 is 15.9 Å². The molecule has 5 heteroatoms. The molecule has 0 aliphatic rings. The fourth-order valence-corrected chi connectivity index (χ4v) is 2.53. The van der Waals surface area contributed by atoms with Crippen LogP contribution in [0.15, 0.2) is 41.0 Å². The molecule has 2 N–H and O–H groups in total. The molecule has 0 aliphatic carbocycles. The third kappa shape index (κ3) is 3.88. The SMILES string of the molecule is CCN(CC)c1ccc(NCc2cccc(Br)c2O)cn1. The van der Waals surface area contributed by atoms with Gasteiger partial charge < -0.3 is 15.3 Å². The molecule has 112 valence electrons. The van der Waals surface area contributed by atoms with Crippen molar-refractivity contribution in [3.8, 4) is 5.75 Å². The Kier molecular flexibility index (Phi) is 5.44. The number of halogens is 1. The summed E-state index contributed by atoms with van der Waals surface area (Å²) in [7, 11) is 0. The first-order chi connectivity index (χ1) is 10.2. The molecule has 0 bridgehead atoms. The smallest absolute Gasteiger partial charge is 0.134 e. The lowest BCUT2D eigenvalue weighted by molar-refractivity contribution is 0.465. The third-order valence-corrected chi connectivity index (χ3v) is 4.03. The van der Waals surface area contributed by atoms with E-state index < -0.39 is 0 Å². The number of pyridine rings is 1. The zero-order chi connectivity index (χ0) is 15.2. The van der Waals surface area contributed by atoms with Crippen LogP contribution < -0.4 is 10.2 Å². The van der Waals surface area contributed by atoms with Crippen molar-refractivity contribution in [2.24, 2.45) is 0 Å². The highest BCUT2D eigenvalue weighted by atomic mass is 79.9. The Hall–Kier alpha value is -1.75. The average Bonchev–Trinajstić information content (AvgIpc) is 2.51. The van der Waals surface area contributed by atoms with Crippen LogP contribution in [0.2, 0.25) is 0 Å². The van der Waals surface area contributed by atoms with Gasteiger partial charge in [-0.25, -0.2) is 4.98 Å². The van der Waals surface area contributed by atoms with Crippen LogP contribution in [0, 0.1) is 0 Å². The van der Waals surface area contributed by atoms with E-state index in [-0.39, 0.29) is 5.75 Å². The molecule has 1 aromatic carbocycles. The highest BCUT2D eigenvalue weighted by Gasteiger charge is 2.06. The van der Waals surface area contributed by atoms with Gasteiger partial charge in [0.15, 0.2) is 0 Å². The van der Waals surface area contributed by atoms with Gasteiger partial charge in [-0.2, -0.15) is 0 Å². The normalized spacial score (nSPS) is 10.4. The largest absolute Gasteiger partial charge is 0.506 e. The number of aromatic nitrogens is 1. The molecule has 1 heterocycles. The van der Waals surface area contributed by atoms with Crippen molar-refractivity contribution < 1.29 is 5.11 Å². The van der Waals surface area contributed by atoms with Gasteiger partial charge in [-0.15, -0.1) is 0 Å². The molecule has 0 radical (unpaired) electrons. The van der Waals surface area contributed by atoms with E-state index in [4.69, 9.17) is 0 Å². The Balaban J connectivity index is 2.02. The molecule has 0 aliphatic heterocycles. The number of phenolic OH excluding ortho intramolecular Hbond substituents is 1. The van der Waals surface area contributed by atoms with Crippen molar-refractivity contribution in [3.63, 3.8) is 0 Å². The Bertz CT molecular complexity index is 583. The van der Waals surface area contributed by atoms with E-state index in [9.17, 15) is 5.11 Å². The van der Waals surface area contributed by atoms with Gasteiger partial charge in [-0.1, -0.05) is 12.1 Å². The molecule has 0 atom stereocenters. The minimum absolute atomic E-state index is 0.276. The fourth-order valence-electron chi connectivity index (χ4n) is 2.13. The number of anilines is 2. The predicted molar refractivity (Wildman–Crippen MR) is 90.9 cm³/mol. The van der Waals surface area contributed by atoms with Gasteiger partial charge >= 0.3 is 0 Å². The van der Waals surface area contributed by atoms with Gasteiger partial charge in [0.05, 0.1) is 16.4 Å². The first-order valence-corrected chi connectivity index (χ1v) is 7.86. The van der Waals surface area contributed by atoms with Crippen LogP contribution in [0.5, 0.6) is 5.75 Å². The molecule has 0 unspecified atom stereocenters. The quantitative estimate of drug-likeness (QED) is 0.827. The zero-order valence-electron chi connectivity index (χ0n) is 12.3. The van der Waals surface area contributed by atoms with E-state index >= 15 is 0 Å². The number of aromatic hydroxyl groups is 1. The second-order valence-corrected chi connectivity index (χ2v) is 5.53. The number of phenols is 1. The highest BCUT2D eigenvalue weighted by Crippen LogP contribution is 2.28. The Morgan fingerprint density at radius 2 is 1.95 bits per heavy atom. The van der Waals surface area contributed by atoms with Crippen molar-refractivity contribution in [1.82, 2.24) is 4.98 Å². The van der Waals surface area contributed by atoms with Crippen LogP contribution in [0.3, 0.4) is 0 Å². The summed E-state index contributed by atoms with van der Waals surface area (Å²) in [6, 6.07) is 9.64. The van der Waals surface area contributed by atoms with Gasteiger partial charge in [0.2, 0.25) is 0 Å². The number of para-hydroxylation sites is 1. The van der Waals surface area contributed by atoms with Crippen LogP contribution in [0.4, 0.5) is 11.5 Å². The van der Waals surface area contributed by atoms with Crippen molar-refractivity contribution >= 4 is 27.4 Å². The first kappa shape index (κ1) is 15.6. The topological polar surface area (TPSA) is 48.4 Å². The van der Waals surface area contributed by atoms with E-state index in [1.807, 2.05) is 36.5 Å². The molecule has 2 aromatic rings. The van der Waals surface area contributed by atoms with Crippen LogP contribution in [-0.2, 0) is 6.54 Å². The van der Waals surface area contributed by atoms with Crippen LogP contribution in [0.25, 0.3) is 0 Å². The third-order valence-electron chi connectivity index (χ3n) is 3.39. The second kappa shape index (κ2) is 7.31. The van der Waals surface area contributed by atoms with E-state index in [0.29, 0.717) is 11.0 Å². The van der Waals surface area contributed by atoms with Gasteiger partial charge in [-0.3, -0.25) is 0 Å². The number of benzene rings is 1. The summed E-state index contributed by atoms with van der Waals surface area (Å²) < 4.78 is 0.705. The molecule has 0 saturated heterocycles. The van der Waals surface area contributed by atoms with E-state index in [0.717, 1.165) is 30.2 Å². The molecular formula is C16H20BrN3O. The molecule has 21 heavy (non-hydrogen) atoms. The van der Waals surface area contributed by atoms with E-state index in [1.165, 1.54) is 0 Å². The average molecular weight is 350 g/mol. The van der Waals surface area contributed by atoms with Gasteiger partial charge in [0.1, 0.15) is 11.6 Å². The number of nitrogens with one attached hydrogen (secondary N) is 1. The maximum absolute atomic E-state index is 9.95. The highest BCUT2D eigenvalue weighted by molar-refractivity contribution is 9.10. The van der Waals surface area contributed by atoms with Crippen molar-refractivity contribution in [2.45, 2.75) is 20.4 Å². The standard InChI is InChI=1S/C16H20BrN3O/c1-3-20(4-2)15-9-8-13(11-19-15)18-10-12-6-5-7-14(17)16(12)21/h5-9,11,18,21H,3-4,10H2,1-2H3. The number of hydrogen-bond donors (Lipinski definition) is 2. The summed E-state index contributed by atoms with van der Waals surface area (Å²) in [5, 5.41) is 13.2. The molecule has 0 saturated carbocycles. The summed E-state index contributed by atoms with van der Waals surface area (Å²) in [6.07, 6.45) is 1.82. The molecule has 2 rings (SSSR count). The lowest BCUT2D eigenvalue weighted by Gasteiger charge is -2.19. The summed E-state index contributed by atoms with van der Waals surface area (Å²) in [4.78, 5) is 6.66. The van der Waals surface area contributed by atoms with E-state index in [1.54, 1.807) is 0 Å². The Labute approximate surface area is 134 Å². The lowest BCUT2D eigenvalue weighted by Crippen LogP contribution is -2.22. The van der Waals surface area contributed by atoms with Gasteiger partial charge in [0.25, 0.3) is 0 Å². The lowest BCUT2D eigenvalue weighted by atomic mass is 10.2. The number of hydrogen-bond acceptors (Lipinski definition) is 4. The fraction of sp³-hybridized carbons (Fsp3) is 0.312. The first-order valence-electron chi connectivity index (χ1n) is 7.07. The van der Waals surface area contributed by atoms with Crippen molar-refractivity contribution in [1.29, 1.82) is 0 Å². The molecule has 4 nitrogen and oxygen atoms in total. The summed E-state index contributed by atoms with van der Waals surface area (Å²) in [5.41, 5.74) is 1.78. The van der Waals surface area contributed by atoms with Crippen LogP contribution in [0.1, 0.15) is 19.4 Å². The molecular weight excluding hydrogens is 330 g/mol. The minimum atomic E-state index is 0.276. The van der Waals surface area contributed by atoms with Gasteiger partial charge in [-0.05, 0) is 48.0 Å². The number of rotatable bonds is 6. The summed E-state index contributed by atoms with van der Waals surface area (Å²) in [5.74, 6) is 1.26. The zero-order valence-corrected chi connectivity index (χ0v) is 13.9. The van der Waals surface area contributed by atoms with Gasteiger partial charge in [0, 0.05) is 25.2 Å². The summed E-state index contributed by atoms with van der Waals surface area (Å²) >= 11 is 3.32. The van der Waals surface area contributed by atoms with Crippen molar-refractivity contribution in [2.75, 3.05) is 23.3 Å². The number of nitrogens with zero attached hydrogens (tertiary/aromatic N) is 2. The molecule has 0 fully saturated rings. The second-order valence-electron chi connectivity index (χ2n) is 4.68. The minimum Gasteiger partial charge on any atom is -0.506 e.